The maximum Gasteiger partial charge on any atom is 0.123 e. The monoisotopic (exact) mass is 291 g/mol. The summed E-state index contributed by atoms with van der Waals surface area (Å²) in [4.78, 5) is 0. The molecule has 0 aliphatic heterocycles. The van der Waals surface area contributed by atoms with Crippen LogP contribution in [0.15, 0.2) is 24.3 Å². The summed E-state index contributed by atoms with van der Waals surface area (Å²) in [5, 5.41) is 13.4. The molecule has 2 fully saturated rings. The molecule has 2 N–H and O–H groups in total. The first-order valence-corrected chi connectivity index (χ1v) is 8.01. The fourth-order valence-corrected chi connectivity index (χ4v) is 3.16. The second kappa shape index (κ2) is 6.24. The first-order chi connectivity index (χ1) is 10.2. The molecule has 0 radical (unpaired) electrons. The Hall–Kier alpha value is -1.26. The largest absolute Gasteiger partial charge is 0.494 e. The number of nitrogens with one attached hydrogen (secondary N) is 1. The van der Waals surface area contributed by atoms with Crippen molar-refractivity contribution >= 4 is 0 Å². The van der Waals surface area contributed by atoms with Gasteiger partial charge in [0.15, 0.2) is 0 Å². The van der Waals surface area contributed by atoms with Gasteiger partial charge in [0.25, 0.3) is 0 Å². The average molecular weight is 291 g/mol. The molecule has 0 saturated heterocycles. The van der Waals surface area contributed by atoms with E-state index in [-0.39, 0.29) is 18.2 Å². The zero-order valence-corrected chi connectivity index (χ0v) is 12.7. The van der Waals surface area contributed by atoms with E-state index >= 15 is 0 Å². The van der Waals surface area contributed by atoms with Crippen molar-refractivity contribution in [3.05, 3.63) is 24.3 Å². The number of rotatable bonds is 7. The molecule has 2 unspecified atom stereocenters. The SMILES string of the molecule is CCOc1cccc(OC2CCC(CO)(NC3CC3)C2)c1. The lowest BCUT2D eigenvalue weighted by Crippen LogP contribution is -2.48. The van der Waals surface area contributed by atoms with Crippen LogP contribution in [0.3, 0.4) is 0 Å². The van der Waals surface area contributed by atoms with E-state index in [4.69, 9.17) is 9.47 Å². The van der Waals surface area contributed by atoms with Gasteiger partial charge >= 0.3 is 0 Å². The van der Waals surface area contributed by atoms with Crippen LogP contribution in [-0.4, -0.2) is 36.0 Å². The quantitative estimate of drug-likeness (QED) is 0.810. The summed E-state index contributed by atoms with van der Waals surface area (Å²) in [6.45, 7) is 2.83. The second-order valence-electron chi connectivity index (χ2n) is 6.25. The summed E-state index contributed by atoms with van der Waals surface area (Å²) in [5.74, 6) is 1.70. The Morgan fingerprint density at radius 3 is 2.81 bits per heavy atom. The summed E-state index contributed by atoms with van der Waals surface area (Å²) in [7, 11) is 0. The van der Waals surface area contributed by atoms with Crippen LogP contribution in [0.4, 0.5) is 0 Å². The maximum atomic E-state index is 9.75. The highest BCUT2D eigenvalue weighted by atomic mass is 16.5. The lowest BCUT2D eigenvalue weighted by Gasteiger charge is -2.28. The van der Waals surface area contributed by atoms with E-state index in [0.29, 0.717) is 12.6 Å². The van der Waals surface area contributed by atoms with Gasteiger partial charge in [-0.2, -0.15) is 0 Å². The molecule has 1 aromatic carbocycles. The lowest BCUT2D eigenvalue weighted by atomic mass is 9.98. The molecule has 2 aliphatic carbocycles. The van der Waals surface area contributed by atoms with Crippen molar-refractivity contribution in [3.8, 4) is 11.5 Å². The van der Waals surface area contributed by atoms with Crippen molar-refractivity contribution in [1.82, 2.24) is 5.32 Å². The Bertz CT molecular complexity index is 475. The van der Waals surface area contributed by atoms with Gasteiger partial charge in [-0.1, -0.05) is 6.07 Å². The molecule has 2 saturated carbocycles. The molecule has 2 atom stereocenters. The van der Waals surface area contributed by atoms with E-state index in [2.05, 4.69) is 5.32 Å². The summed E-state index contributed by atoms with van der Waals surface area (Å²) in [6.07, 6.45) is 5.49. The van der Waals surface area contributed by atoms with Crippen LogP contribution in [-0.2, 0) is 0 Å². The van der Waals surface area contributed by atoms with Gasteiger partial charge in [-0.3, -0.25) is 0 Å². The van der Waals surface area contributed by atoms with Crippen LogP contribution in [0, 0.1) is 0 Å². The number of aliphatic hydroxyl groups is 1. The topological polar surface area (TPSA) is 50.7 Å². The summed E-state index contributed by atoms with van der Waals surface area (Å²) in [5.41, 5.74) is -0.136. The highest BCUT2D eigenvalue weighted by molar-refractivity contribution is 5.33. The molecule has 0 heterocycles. The Labute approximate surface area is 126 Å². The molecule has 4 nitrogen and oxygen atoms in total. The third-order valence-electron chi connectivity index (χ3n) is 4.37. The van der Waals surface area contributed by atoms with Crippen molar-refractivity contribution in [2.24, 2.45) is 0 Å². The van der Waals surface area contributed by atoms with Gasteiger partial charge in [0.1, 0.15) is 17.6 Å². The molecule has 0 amide bonds. The number of ether oxygens (including phenoxy) is 2. The molecule has 2 aliphatic rings. The highest BCUT2D eigenvalue weighted by Gasteiger charge is 2.42. The fraction of sp³-hybridized carbons (Fsp3) is 0.647. The van der Waals surface area contributed by atoms with Crippen molar-refractivity contribution in [3.63, 3.8) is 0 Å². The maximum absolute atomic E-state index is 9.75. The van der Waals surface area contributed by atoms with Gasteiger partial charge in [-0.25, -0.2) is 0 Å². The number of hydrogen-bond donors (Lipinski definition) is 2. The van der Waals surface area contributed by atoms with E-state index in [1.165, 1.54) is 12.8 Å². The Morgan fingerprint density at radius 1 is 1.29 bits per heavy atom. The van der Waals surface area contributed by atoms with Gasteiger partial charge < -0.3 is 19.9 Å². The summed E-state index contributed by atoms with van der Waals surface area (Å²) < 4.78 is 11.6. The molecular weight excluding hydrogens is 266 g/mol. The van der Waals surface area contributed by atoms with E-state index < -0.39 is 0 Å². The van der Waals surface area contributed by atoms with Crippen LogP contribution >= 0.6 is 0 Å². The first kappa shape index (κ1) is 14.7. The summed E-state index contributed by atoms with van der Waals surface area (Å²) in [6, 6.07) is 8.42. The van der Waals surface area contributed by atoms with Crippen LogP contribution in [0.1, 0.15) is 39.0 Å². The van der Waals surface area contributed by atoms with Gasteiger partial charge in [-0.15, -0.1) is 0 Å². The smallest absolute Gasteiger partial charge is 0.123 e. The number of hydrogen-bond acceptors (Lipinski definition) is 4. The molecular formula is C17H25NO3. The van der Waals surface area contributed by atoms with E-state index in [1.54, 1.807) is 0 Å². The van der Waals surface area contributed by atoms with E-state index in [1.807, 2.05) is 31.2 Å². The van der Waals surface area contributed by atoms with Gasteiger partial charge in [-0.05, 0) is 44.7 Å². The van der Waals surface area contributed by atoms with Gasteiger partial charge in [0.2, 0.25) is 0 Å². The average Bonchev–Trinajstić information content (AvgIpc) is 3.20. The second-order valence-corrected chi connectivity index (χ2v) is 6.25. The molecule has 21 heavy (non-hydrogen) atoms. The number of aliphatic hydroxyl groups excluding tert-OH is 1. The molecule has 0 aromatic heterocycles. The van der Waals surface area contributed by atoms with Crippen LogP contribution in [0.25, 0.3) is 0 Å². The minimum atomic E-state index is -0.136. The van der Waals surface area contributed by atoms with Crippen molar-refractivity contribution in [2.75, 3.05) is 13.2 Å². The van der Waals surface area contributed by atoms with Crippen LogP contribution < -0.4 is 14.8 Å². The normalized spacial score (nSPS) is 28.6. The first-order valence-electron chi connectivity index (χ1n) is 8.01. The Balaban J connectivity index is 1.59. The highest BCUT2D eigenvalue weighted by Crippen LogP contribution is 2.36. The molecule has 3 rings (SSSR count). The Kier molecular flexibility index (Phi) is 4.36. The summed E-state index contributed by atoms with van der Waals surface area (Å²) >= 11 is 0. The lowest BCUT2D eigenvalue weighted by molar-refractivity contribution is 0.139. The Morgan fingerprint density at radius 2 is 2.10 bits per heavy atom. The molecule has 116 valence electrons. The van der Waals surface area contributed by atoms with Crippen molar-refractivity contribution in [2.45, 2.75) is 56.7 Å². The predicted molar refractivity (Wildman–Crippen MR) is 81.9 cm³/mol. The van der Waals surface area contributed by atoms with E-state index in [9.17, 15) is 5.11 Å². The fourth-order valence-electron chi connectivity index (χ4n) is 3.16. The minimum absolute atomic E-state index is 0.136. The predicted octanol–water partition coefficient (Wildman–Crippen LogP) is 2.50. The molecule has 0 spiro atoms. The molecule has 1 aromatic rings. The van der Waals surface area contributed by atoms with Crippen molar-refractivity contribution < 1.29 is 14.6 Å². The van der Waals surface area contributed by atoms with E-state index in [0.717, 1.165) is 30.8 Å². The molecule has 0 bridgehead atoms. The third kappa shape index (κ3) is 3.69. The van der Waals surface area contributed by atoms with Crippen LogP contribution in [0.2, 0.25) is 0 Å². The minimum Gasteiger partial charge on any atom is -0.494 e. The van der Waals surface area contributed by atoms with Gasteiger partial charge in [0.05, 0.1) is 13.2 Å². The van der Waals surface area contributed by atoms with Gasteiger partial charge in [0, 0.05) is 24.1 Å². The molecule has 4 heteroatoms. The van der Waals surface area contributed by atoms with Crippen molar-refractivity contribution in [1.29, 1.82) is 0 Å². The standard InChI is InChI=1S/C17H25NO3/c1-2-20-14-4-3-5-15(10-14)21-16-8-9-17(11-16,12-19)18-13-6-7-13/h3-5,10,13,16,18-19H,2,6-9,11-12H2,1H3. The zero-order valence-electron chi connectivity index (χ0n) is 12.7. The van der Waals surface area contributed by atoms with Crippen LogP contribution in [0.5, 0.6) is 11.5 Å². The zero-order chi connectivity index (χ0) is 14.7. The third-order valence-corrected chi connectivity index (χ3v) is 4.37. The number of benzene rings is 1.